The Kier molecular flexibility index (Phi) is 7.95. The van der Waals surface area contributed by atoms with E-state index in [1.54, 1.807) is 11.3 Å². The summed E-state index contributed by atoms with van der Waals surface area (Å²) in [6.07, 6.45) is 0.933. The zero-order valence-corrected chi connectivity index (χ0v) is 14.8. The second-order valence-electron chi connectivity index (χ2n) is 5.76. The number of carbonyl (C=O) groups excluding carboxylic acids is 1. The molecule has 0 saturated heterocycles. The molecule has 1 amide bonds. The molecule has 1 heterocycles. The summed E-state index contributed by atoms with van der Waals surface area (Å²) < 4.78 is 0. The molecule has 0 fully saturated rings. The lowest BCUT2D eigenvalue weighted by molar-refractivity contribution is -0.119. The standard InChI is InChI=1S/C16H28N4OS/c1-5-9-18-14(21)11-19-15(17-6-2)20-12-16(3,4)13-8-7-10-22-13/h7-8,10H,5-6,9,11-12H2,1-4H3,(H,18,21)(H2,17,19,20). The molecule has 6 heteroatoms. The molecule has 0 aliphatic carbocycles. The van der Waals surface area contributed by atoms with Crippen LogP contribution in [0.2, 0.25) is 0 Å². The van der Waals surface area contributed by atoms with Crippen LogP contribution < -0.4 is 16.0 Å². The van der Waals surface area contributed by atoms with Crippen molar-refractivity contribution >= 4 is 23.2 Å². The maximum Gasteiger partial charge on any atom is 0.241 e. The lowest BCUT2D eigenvalue weighted by atomic mass is 9.91. The van der Waals surface area contributed by atoms with Gasteiger partial charge in [0.05, 0.1) is 0 Å². The second-order valence-corrected chi connectivity index (χ2v) is 6.71. The Labute approximate surface area is 137 Å². The van der Waals surface area contributed by atoms with Gasteiger partial charge in [0.15, 0.2) is 5.96 Å². The van der Waals surface area contributed by atoms with Crippen molar-refractivity contribution < 1.29 is 4.79 Å². The van der Waals surface area contributed by atoms with E-state index in [4.69, 9.17) is 0 Å². The highest BCUT2D eigenvalue weighted by Crippen LogP contribution is 2.26. The van der Waals surface area contributed by atoms with Crippen LogP contribution in [0.15, 0.2) is 22.5 Å². The third-order valence-corrected chi connectivity index (χ3v) is 4.42. The van der Waals surface area contributed by atoms with Crippen LogP contribution in [0.3, 0.4) is 0 Å². The minimum Gasteiger partial charge on any atom is -0.357 e. The van der Waals surface area contributed by atoms with Gasteiger partial charge in [-0.2, -0.15) is 0 Å². The molecule has 0 radical (unpaired) electrons. The molecule has 0 aromatic carbocycles. The van der Waals surface area contributed by atoms with Crippen LogP contribution in [0.1, 0.15) is 39.0 Å². The highest BCUT2D eigenvalue weighted by Gasteiger charge is 2.21. The molecule has 0 unspecified atom stereocenters. The van der Waals surface area contributed by atoms with Crippen LogP contribution >= 0.6 is 11.3 Å². The maximum absolute atomic E-state index is 11.6. The lowest BCUT2D eigenvalue weighted by Gasteiger charge is -2.25. The lowest BCUT2D eigenvalue weighted by Crippen LogP contribution is -2.43. The van der Waals surface area contributed by atoms with E-state index < -0.39 is 0 Å². The first-order valence-electron chi connectivity index (χ1n) is 7.82. The van der Waals surface area contributed by atoms with E-state index >= 15 is 0 Å². The number of nitrogens with one attached hydrogen (secondary N) is 3. The molecule has 1 aromatic rings. The van der Waals surface area contributed by atoms with Crippen LogP contribution in [-0.2, 0) is 10.2 Å². The smallest absolute Gasteiger partial charge is 0.241 e. The largest absolute Gasteiger partial charge is 0.357 e. The van der Waals surface area contributed by atoms with Crippen LogP contribution in [0, 0.1) is 0 Å². The Bertz CT molecular complexity index is 469. The van der Waals surface area contributed by atoms with Gasteiger partial charge in [0.1, 0.15) is 6.54 Å². The Morgan fingerprint density at radius 3 is 2.64 bits per heavy atom. The van der Waals surface area contributed by atoms with Gasteiger partial charge >= 0.3 is 0 Å². The number of hydrogen-bond donors (Lipinski definition) is 3. The van der Waals surface area contributed by atoms with E-state index in [0.29, 0.717) is 12.5 Å². The predicted octanol–water partition coefficient (Wildman–Crippen LogP) is 2.11. The first-order valence-corrected chi connectivity index (χ1v) is 8.70. The van der Waals surface area contributed by atoms with Gasteiger partial charge in [-0.25, -0.2) is 4.99 Å². The average molecular weight is 324 g/mol. The number of thiophene rings is 1. The number of guanidine groups is 1. The second kappa shape index (κ2) is 9.46. The molecule has 0 spiro atoms. The van der Waals surface area contributed by atoms with Crippen LogP contribution in [0.25, 0.3) is 0 Å². The molecule has 0 aliphatic rings. The Balaban J connectivity index is 2.54. The van der Waals surface area contributed by atoms with Gasteiger partial charge in [-0.3, -0.25) is 4.79 Å². The number of hydrogen-bond acceptors (Lipinski definition) is 3. The fourth-order valence-electron chi connectivity index (χ4n) is 1.87. The van der Waals surface area contributed by atoms with Crippen molar-refractivity contribution in [3.63, 3.8) is 0 Å². The average Bonchev–Trinajstić information content (AvgIpc) is 3.03. The number of aliphatic imine (C=N–C) groups is 1. The highest BCUT2D eigenvalue weighted by molar-refractivity contribution is 7.10. The third-order valence-electron chi connectivity index (χ3n) is 3.18. The zero-order chi connectivity index (χ0) is 16.4. The van der Waals surface area contributed by atoms with Crippen molar-refractivity contribution in [2.75, 3.05) is 26.2 Å². The number of amides is 1. The Hall–Kier alpha value is -1.56. The predicted molar refractivity (Wildman–Crippen MR) is 94.6 cm³/mol. The molecule has 1 aromatic heterocycles. The summed E-state index contributed by atoms with van der Waals surface area (Å²) in [5, 5.41) is 11.4. The summed E-state index contributed by atoms with van der Waals surface area (Å²) >= 11 is 1.76. The molecule has 3 N–H and O–H groups in total. The molecule has 0 saturated carbocycles. The summed E-state index contributed by atoms with van der Waals surface area (Å²) in [5.74, 6) is 0.635. The van der Waals surface area contributed by atoms with Crippen molar-refractivity contribution in [2.24, 2.45) is 4.99 Å². The van der Waals surface area contributed by atoms with E-state index in [2.05, 4.69) is 52.3 Å². The third kappa shape index (κ3) is 6.47. The summed E-state index contributed by atoms with van der Waals surface area (Å²) in [7, 11) is 0. The minimum absolute atomic E-state index is 0.0226. The van der Waals surface area contributed by atoms with Crippen molar-refractivity contribution in [1.29, 1.82) is 0 Å². The van der Waals surface area contributed by atoms with Crippen molar-refractivity contribution in [3.05, 3.63) is 22.4 Å². The molecule has 5 nitrogen and oxygen atoms in total. The minimum atomic E-state index is -0.0448. The number of nitrogens with zero attached hydrogens (tertiary/aromatic N) is 1. The fourth-order valence-corrected chi connectivity index (χ4v) is 2.72. The van der Waals surface area contributed by atoms with Gasteiger partial charge in [0.2, 0.25) is 5.91 Å². The van der Waals surface area contributed by atoms with E-state index in [0.717, 1.165) is 19.5 Å². The molecular weight excluding hydrogens is 296 g/mol. The SMILES string of the molecule is CCCNC(=O)CN=C(NCC)NCC(C)(C)c1cccs1. The first-order chi connectivity index (χ1) is 10.5. The topological polar surface area (TPSA) is 65.5 Å². The quantitative estimate of drug-likeness (QED) is 0.507. The number of rotatable bonds is 8. The van der Waals surface area contributed by atoms with Gasteiger partial charge in [-0.15, -0.1) is 11.3 Å². The summed E-state index contributed by atoms with van der Waals surface area (Å²) in [4.78, 5) is 17.3. The van der Waals surface area contributed by atoms with Gasteiger partial charge in [-0.1, -0.05) is 26.8 Å². The van der Waals surface area contributed by atoms with Gasteiger partial charge < -0.3 is 16.0 Å². The maximum atomic E-state index is 11.6. The van der Waals surface area contributed by atoms with Crippen LogP contribution in [0.5, 0.6) is 0 Å². The molecule has 124 valence electrons. The molecule has 1 rings (SSSR count). The molecule has 0 atom stereocenters. The van der Waals surface area contributed by atoms with Crippen molar-refractivity contribution in [2.45, 2.75) is 39.5 Å². The van der Waals surface area contributed by atoms with E-state index in [1.165, 1.54) is 4.88 Å². The number of carbonyl (C=O) groups is 1. The van der Waals surface area contributed by atoms with Crippen LogP contribution in [0.4, 0.5) is 0 Å². The summed E-state index contributed by atoms with van der Waals surface area (Å²) in [5.41, 5.74) is 0.0226. The van der Waals surface area contributed by atoms with E-state index in [-0.39, 0.29) is 17.9 Å². The van der Waals surface area contributed by atoms with Crippen molar-refractivity contribution in [3.8, 4) is 0 Å². The monoisotopic (exact) mass is 324 g/mol. The first kappa shape index (κ1) is 18.5. The summed E-state index contributed by atoms with van der Waals surface area (Å²) in [6, 6.07) is 4.22. The van der Waals surface area contributed by atoms with E-state index in [1.807, 2.05) is 13.8 Å². The van der Waals surface area contributed by atoms with Gasteiger partial charge in [-0.05, 0) is 24.8 Å². The summed E-state index contributed by atoms with van der Waals surface area (Å²) in [6.45, 7) is 10.8. The zero-order valence-electron chi connectivity index (χ0n) is 14.0. The molecular formula is C16H28N4OS. The Morgan fingerprint density at radius 1 is 1.27 bits per heavy atom. The molecule has 0 aliphatic heterocycles. The van der Waals surface area contributed by atoms with E-state index in [9.17, 15) is 4.79 Å². The van der Waals surface area contributed by atoms with Gasteiger partial charge in [0.25, 0.3) is 0 Å². The van der Waals surface area contributed by atoms with Crippen LogP contribution in [-0.4, -0.2) is 38.0 Å². The van der Waals surface area contributed by atoms with Gasteiger partial charge in [0, 0.05) is 29.9 Å². The normalized spacial score (nSPS) is 12.1. The Morgan fingerprint density at radius 2 is 2.05 bits per heavy atom. The van der Waals surface area contributed by atoms with Crippen molar-refractivity contribution in [1.82, 2.24) is 16.0 Å². The molecule has 0 bridgehead atoms. The molecule has 22 heavy (non-hydrogen) atoms. The highest BCUT2D eigenvalue weighted by atomic mass is 32.1. The fraction of sp³-hybridized carbons (Fsp3) is 0.625.